The molecule has 0 unspecified atom stereocenters. The summed E-state index contributed by atoms with van der Waals surface area (Å²) in [7, 11) is 0. The van der Waals surface area contributed by atoms with E-state index in [9.17, 15) is 4.79 Å². The summed E-state index contributed by atoms with van der Waals surface area (Å²) in [6.07, 6.45) is 3.52. The molecule has 3 aromatic rings. The largest absolute Gasteiger partial charge is 0.392 e. The number of halogens is 1. The Morgan fingerprint density at radius 1 is 1.30 bits per heavy atom. The molecular formula is C20H20ClN3O2S. The lowest BCUT2D eigenvalue weighted by Crippen LogP contribution is -2.10. The Morgan fingerprint density at radius 3 is 2.74 bits per heavy atom. The summed E-state index contributed by atoms with van der Waals surface area (Å²) in [5.74, 6) is -0.238. The van der Waals surface area contributed by atoms with Crippen LogP contribution in [0.5, 0.6) is 6.01 Å². The molecule has 0 N–H and O–H groups in total. The fourth-order valence-electron chi connectivity index (χ4n) is 2.58. The third kappa shape index (κ3) is 4.90. The molecule has 27 heavy (non-hydrogen) atoms. The minimum atomic E-state index is -0.401. The van der Waals surface area contributed by atoms with Crippen LogP contribution in [-0.4, -0.2) is 20.5 Å². The summed E-state index contributed by atoms with van der Waals surface area (Å²) >= 11 is 7.70. The Bertz CT molecular complexity index is 942. The monoisotopic (exact) mass is 401 g/mol. The molecule has 0 amide bonds. The van der Waals surface area contributed by atoms with Crippen molar-refractivity contribution in [3.8, 4) is 6.01 Å². The molecule has 0 atom stereocenters. The molecule has 2 aromatic heterocycles. The number of carbonyl (C=O) groups excluding carboxylic acids is 1. The highest BCUT2D eigenvalue weighted by molar-refractivity contribution is 7.99. The van der Waals surface area contributed by atoms with E-state index in [1.54, 1.807) is 24.2 Å². The maximum Gasteiger partial charge on any atom is 0.310 e. The third-order valence-corrected chi connectivity index (χ3v) is 5.11. The van der Waals surface area contributed by atoms with E-state index in [4.69, 9.17) is 16.3 Å². The van der Waals surface area contributed by atoms with E-state index in [1.807, 2.05) is 41.0 Å². The standard InChI is InChI=1S/C20H20ClN3O2S/c1-13(2)18-19(27-17-8-4-7-16(21)10-17)24(20(23-18)26-14(3)25)12-15-6-5-9-22-11-15/h4-11,13H,12H2,1-3H3. The Labute approximate surface area is 167 Å². The number of ether oxygens (including phenoxy) is 1. The first-order chi connectivity index (χ1) is 12.9. The highest BCUT2D eigenvalue weighted by Crippen LogP contribution is 2.38. The first-order valence-corrected chi connectivity index (χ1v) is 9.74. The molecule has 5 nitrogen and oxygen atoms in total. The number of aromatic nitrogens is 3. The fourth-order valence-corrected chi connectivity index (χ4v) is 4.03. The van der Waals surface area contributed by atoms with Crippen LogP contribution >= 0.6 is 23.4 Å². The lowest BCUT2D eigenvalue weighted by atomic mass is 10.1. The second-order valence-electron chi connectivity index (χ2n) is 6.34. The van der Waals surface area contributed by atoms with Crippen molar-refractivity contribution in [2.75, 3.05) is 0 Å². The van der Waals surface area contributed by atoms with Gasteiger partial charge in [-0.15, -0.1) is 0 Å². The molecule has 0 spiro atoms. The summed E-state index contributed by atoms with van der Waals surface area (Å²) in [5.41, 5.74) is 1.87. The van der Waals surface area contributed by atoms with E-state index in [1.165, 1.54) is 6.92 Å². The van der Waals surface area contributed by atoms with Gasteiger partial charge in [-0.3, -0.25) is 14.3 Å². The van der Waals surface area contributed by atoms with E-state index in [0.717, 1.165) is 21.2 Å². The first kappa shape index (κ1) is 19.5. The SMILES string of the molecule is CC(=O)Oc1nc(C(C)C)c(Sc2cccc(Cl)c2)n1Cc1cccnc1. The van der Waals surface area contributed by atoms with Gasteiger partial charge in [0, 0.05) is 29.2 Å². The molecule has 0 aliphatic rings. The van der Waals surface area contributed by atoms with Gasteiger partial charge >= 0.3 is 12.0 Å². The minimum absolute atomic E-state index is 0.163. The number of hydrogen-bond donors (Lipinski definition) is 0. The quantitative estimate of drug-likeness (QED) is 0.532. The average Bonchev–Trinajstić information content (AvgIpc) is 2.93. The van der Waals surface area contributed by atoms with Crippen LogP contribution in [0.4, 0.5) is 0 Å². The van der Waals surface area contributed by atoms with Crippen LogP contribution < -0.4 is 4.74 Å². The van der Waals surface area contributed by atoms with Crippen molar-refractivity contribution in [2.24, 2.45) is 0 Å². The molecular weight excluding hydrogens is 382 g/mol. The highest BCUT2D eigenvalue weighted by atomic mass is 35.5. The first-order valence-electron chi connectivity index (χ1n) is 8.55. The van der Waals surface area contributed by atoms with Gasteiger partial charge in [0.25, 0.3) is 0 Å². The van der Waals surface area contributed by atoms with E-state index in [-0.39, 0.29) is 5.92 Å². The minimum Gasteiger partial charge on any atom is -0.392 e. The highest BCUT2D eigenvalue weighted by Gasteiger charge is 2.23. The maximum absolute atomic E-state index is 11.6. The molecule has 0 radical (unpaired) electrons. The number of benzene rings is 1. The number of carbonyl (C=O) groups is 1. The molecule has 140 valence electrons. The molecule has 3 rings (SSSR count). The predicted molar refractivity (Wildman–Crippen MR) is 107 cm³/mol. The second-order valence-corrected chi connectivity index (χ2v) is 7.84. The van der Waals surface area contributed by atoms with E-state index < -0.39 is 5.97 Å². The van der Waals surface area contributed by atoms with Gasteiger partial charge in [0.2, 0.25) is 0 Å². The Morgan fingerprint density at radius 2 is 2.11 bits per heavy atom. The van der Waals surface area contributed by atoms with Crippen molar-refractivity contribution in [1.82, 2.24) is 14.5 Å². The van der Waals surface area contributed by atoms with E-state index in [2.05, 4.69) is 23.8 Å². The van der Waals surface area contributed by atoms with E-state index in [0.29, 0.717) is 17.6 Å². The lowest BCUT2D eigenvalue weighted by molar-refractivity contribution is -0.132. The van der Waals surface area contributed by atoms with Crippen molar-refractivity contribution >= 4 is 29.3 Å². The fraction of sp³-hybridized carbons (Fsp3) is 0.250. The average molecular weight is 402 g/mol. The Balaban J connectivity index is 2.09. The van der Waals surface area contributed by atoms with Gasteiger partial charge in [0.15, 0.2) is 0 Å². The molecule has 0 fully saturated rings. The van der Waals surface area contributed by atoms with Crippen LogP contribution in [0.15, 0.2) is 58.7 Å². The van der Waals surface area contributed by atoms with Crippen molar-refractivity contribution in [2.45, 2.75) is 43.2 Å². The smallest absolute Gasteiger partial charge is 0.310 e. The zero-order valence-corrected chi connectivity index (χ0v) is 16.9. The van der Waals surface area contributed by atoms with Gasteiger partial charge in [-0.05, 0) is 35.7 Å². The molecule has 0 saturated heterocycles. The maximum atomic E-state index is 11.6. The van der Waals surface area contributed by atoms with E-state index >= 15 is 0 Å². The summed E-state index contributed by atoms with van der Waals surface area (Å²) in [5, 5.41) is 1.59. The van der Waals surface area contributed by atoms with Crippen LogP contribution in [0.25, 0.3) is 0 Å². The van der Waals surface area contributed by atoms with Gasteiger partial charge < -0.3 is 4.74 Å². The van der Waals surface area contributed by atoms with Crippen molar-refractivity contribution in [3.63, 3.8) is 0 Å². The number of esters is 1. The second kappa shape index (κ2) is 8.59. The summed E-state index contributed by atoms with van der Waals surface area (Å²) in [6.45, 7) is 6.01. The Hall–Kier alpha value is -2.31. The number of rotatable bonds is 6. The topological polar surface area (TPSA) is 57.0 Å². The molecule has 7 heteroatoms. The number of hydrogen-bond acceptors (Lipinski definition) is 5. The van der Waals surface area contributed by atoms with Crippen molar-refractivity contribution in [3.05, 3.63) is 65.1 Å². The van der Waals surface area contributed by atoms with Gasteiger partial charge in [-0.2, -0.15) is 4.98 Å². The molecule has 0 aliphatic heterocycles. The normalized spacial score (nSPS) is 11.0. The van der Waals surface area contributed by atoms with Crippen LogP contribution in [0, 0.1) is 0 Å². The summed E-state index contributed by atoms with van der Waals surface area (Å²) in [6, 6.07) is 11.8. The lowest BCUT2D eigenvalue weighted by Gasteiger charge is -2.12. The van der Waals surface area contributed by atoms with Crippen molar-refractivity contribution in [1.29, 1.82) is 0 Å². The molecule has 2 heterocycles. The Kier molecular flexibility index (Phi) is 6.19. The van der Waals surface area contributed by atoms with Crippen molar-refractivity contribution < 1.29 is 9.53 Å². The van der Waals surface area contributed by atoms with Crippen LogP contribution in [0.2, 0.25) is 5.02 Å². The van der Waals surface area contributed by atoms with Gasteiger partial charge in [-0.25, -0.2) is 0 Å². The number of pyridine rings is 1. The molecule has 0 saturated carbocycles. The number of imidazole rings is 1. The van der Waals surface area contributed by atoms with Gasteiger partial charge in [0.1, 0.15) is 5.03 Å². The predicted octanol–water partition coefficient (Wildman–Crippen LogP) is 5.18. The van der Waals surface area contributed by atoms with Crippen LogP contribution in [0.3, 0.4) is 0 Å². The zero-order valence-electron chi connectivity index (χ0n) is 15.3. The van der Waals surface area contributed by atoms with Gasteiger partial charge in [-0.1, -0.05) is 49.3 Å². The van der Waals surface area contributed by atoms with Gasteiger partial charge in [0.05, 0.1) is 12.2 Å². The summed E-state index contributed by atoms with van der Waals surface area (Å²) < 4.78 is 7.32. The van der Waals surface area contributed by atoms with Crippen LogP contribution in [0.1, 0.15) is 37.9 Å². The third-order valence-electron chi connectivity index (χ3n) is 3.77. The molecule has 0 aliphatic carbocycles. The molecule has 1 aromatic carbocycles. The van der Waals surface area contributed by atoms with Crippen LogP contribution in [-0.2, 0) is 11.3 Å². The summed E-state index contributed by atoms with van der Waals surface area (Å²) in [4.78, 5) is 21.4. The number of nitrogens with zero attached hydrogens (tertiary/aromatic N) is 3. The molecule has 0 bridgehead atoms. The zero-order chi connectivity index (χ0) is 19.4.